The van der Waals surface area contributed by atoms with E-state index < -0.39 is 0 Å². The SMILES string of the molecule is CCN(CC)C(=O)CSc1nc2ccc(NC(=O)CSCC(=O)Nc3ccccn3)cc2s1. The van der Waals surface area contributed by atoms with Gasteiger partial charge in [-0.2, -0.15) is 0 Å². The maximum atomic E-state index is 12.3. The Bertz CT molecular complexity index is 1100. The fraction of sp³-hybridized carbons (Fsp3) is 0.318. The molecular formula is C22H25N5O3S3. The summed E-state index contributed by atoms with van der Waals surface area (Å²) in [6.07, 6.45) is 1.60. The third kappa shape index (κ3) is 7.72. The van der Waals surface area contributed by atoms with Crippen LogP contribution < -0.4 is 10.6 Å². The molecule has 0 bridgehead atoms. The highest BCUT2D eigenvalue weighted by Gasteiger charge is 2.13. The van der Waals surface area contributed by atoms with Crippen LogP contribution in [0.2, 0.25) is 0 Å². The number of benzene rings is 1. The van der Waals surface area contributed by atoms with E-state index in [9.17, 15) is 14.4 Å². The van der Waals surface area contributed by atoms with Crippen molar-refractivity contribution < 1.29 is 14.4 Å². The molecule has 2 aromatic heterocycles. The van der Waals surface area contributed by atoms with Gasteiger partial charge in [0.05, 0.1) is 27.5 Å². The number of carbonyl (C=O) groups is 3. The zero-order chi connectivity index (χ0) is 23.6. The maximum Gasteiger partial charge on any atom is 0.235 e. The number of aromatic nitrogens is 2. The highest BCUT2D eigenvalue weighted by Crippen LogP contribution is 2.31. The summed E-state index contributed by atoms with van der Waals surface area (Å²) in [4.78, 5) is 46.8. The molecule has 0 saturated heterocycles. The summed E-state index contributed by atoms with van der Waals surface area (Å²) in [5.74, 6) is 0.867. The number of nitrogens with one attached hydrogen (secondary N) is 2. The lowest BCUT2D eigenvalue weighted by molar-refractivity contribution is -0.128. The number of carbonyl (C=O) groups excluding carboxylic acids is 3. The summed E-state index contributed by atoms with van der Waals surface area (Å²) < 4.78 is 1.76. The zero-order valence-electron chi connectivity index (χ0n) is 18.4. The second-order valence-corrected chi connectivity index (χ2v) is 10.1. The molecule has 0 unspecified atom stereocenters. The van der Waals surface area contributed by atoms with Gasteiger partial charge in [-0.3, -0.25) is 14.4 Å². The van der Waals surface area contributed by atoms with E-state index in [-0.39, 0.29) is 29.2 Å². The molecule has 3 amide bonds. The van der Waals surface area contributed by atoms with Crippen LogP contribution in [0.15, 0.2) is 46.9 Å². The predicted molar refractivity (Wildman–Crippen MR) is 137 cm³/mol. The molecule has 0 saturated carbocycles. The lowest BCUT2D eigenvalue weighted by Gasteiger charge is -2.17. The first-order valence-corrected chi connectivity index (χ1v) is 13.3. The summed E-state index contributed by atoms with van der Waals surface area (Å²) in [6, 6.07) is 10.8. The van der Waals surface area contributed by atoms with Crippen molar-refractivity contribution in [2.75, 3.05) is 41.0 Å². The molecule has 3 aromatic rings. The van der Waals surface area contributed by atoms with Gasteiger partial charge in [-0.25, -0.2) is 9.97 Å². The molecule has 0 radical (unpaired) electrons. The van der Waals surface area contributed by atoms with Crippen LogP contribution in [0.25, 0.3) is 10.2 Å². The number of hydrogen-bond donors (Lipinski definition) is 2. The molecule has 8 nitrogen and oxygen atoms in total. The van der Waals surface area contributed by atoms with Gasteiger partial charge in [-0.05, 0) is 44.2 Å². The monoisotopic (exact) mass is 503 g/mol. The minimum absolute atomic E-state index is 0.100. The first-order valence-electron chi connectivity index (χ1n) is 10.4. The van der Waals surface area contributed by atoms with Gasteiger partial charge >= 0.3 is 0 Å². The molecule has 1 aromatic carbocycles. The Hall–Kier alpha value is -2.63. The standard InChI is InChI=1S/C22H25N5O3S3/c1-3-27(4-2)21(30)14-32-22-25-16-9-8-15(11-17(16)33-22)24-19(28)12-31-13-20(29)26-18-7-5-6-10-23-18/h5-11H,3-4,12-14H2,1-2H3,(H,24,28)(H,23,26,29). The van der Waals surface area contributed by atoms with Gasteiger partial charge in [-0.1, -0.05) is 17.8 Å². The van der Waals surface area contributed by atoms with E-state index in [0.717, 1.165) is 14.6 Å². The third-order valence-corrected chi connectivity index (χ3v) is 7.57. The number of hydrogen-bond acceptors (Lipinski definition) is 8. The average molecular weight is 504 g/mol. The number of thiazole rings is 1. The smallest absolute Gasteiger partial charge is 0.235 e. The summed E-state index contributed by atoms with van der Waals surface area (Å²) in [5, 5.41) is 5.54. The van der Waals surface area contributed by atoms with Gasteiger partial charge in [-0.15, -0.1) is 23.1 Å². The minimum Gasteiger partial charge on any atom is -0.343 e. The van der Waals surface area contributed by atoms with Crippen LogP contribution in [0.4, 0.5) is 11.5 Å². The molecule has 0 atom stereocenters. The van der Waals surface area contributed by atoms with Gasteiger partial charge in [0.15, 0.2) is 4.34 Å². The molecule has 0 aliphatic heterocycles. The van der Waals surface area contributed by atoms with Gasteiger partial charge in [0.25, 0.3) is 0 Å². The molecule has 33 heavy (non-hydrogen) atoms. The third-order valence-electron chi connectivity index (χ3n) is 4.49. The molecule has 174 valence electrons. The van der Waals surface area contributed by atoms with Crippen molar-refractivity contribution in [1.82, 2.24) is 14.9 Å². The van der Waals surface area contributed by atoms with E-state index in [0.29, 0.717) is 30.3 Å². The summed E-state index contributed by atoms with van der Waals surface area (Å²) in [6.45, 7) is 5.34. The van der Waals surface area contributed by atoms with Crippen LogP contribution in [-0.2, 0) is 14.4 Å². The summed E-state index contributed by atoms with van der Waals surface area (Å²) >= 11 is 4.16. The molecule has 0 aliphatic carbocycles. The van der Waals surface area contributed by atoms with Crippen LogP contribution in [0, 0.1) is 0 Å². The molecule has 0 fully saturated rings. The quantitative estimate of drug-likeness (QED) is 0.382. The Balaban J connectivity index is 1.46. The fourth-order valence-corrected chi connectivity index (χ4v) is 5.51. The van der Waals surface area contributed by atoms with Crippen LogP contribution in [0.3, 0.4) is 0 Å². The van der Waals surface area contributed by atoms with Crippen molar-refractivity contribution in [2.24, 2.45) is 0 Å². The van der Waals surface area contributed by atoms with Gasteiger partial charge in [0.1, 0.15) is 5.82 Å². The number of fused-ring (bicyclic) bond motifs is 1. The van der Waals surface area contributed by atoms with E-state index in [1.165, 1.54) is 34.9 Å². The number of anilines is 2. The van der Waals surface area contributed by atoms with Crippen molar-refractivity contribution in [3.8, 4) is 0 Å². The topological polar surface area (TPSA) is 104 Å². The van der Waals surface area contributed by atoms with Gasteiger partial charge < -0.3 is 15.5 Å². The van der Waals surface area contributed by atoms with Crippen molar-refractivity contribution in [3.63, 3.8) is 0 Å². The Morgan fingerprint density at radius 2 is 1.76 bits per heavy atom. The molecule has 3 rings (SSSR count). The number of thioether (sulfide) groups is 2. The number of nitrogens with zero attached hydrogens (tertiary/aromatic N) is 3. The van der Waals surface area contributed by atoms with Crippen LogP contribution in [0.1, 0.15) is 13.8 Å². The fourth-order valence-electron chi connectivity index (χ4n) is 2.88. The molecular weight excluding hydrogens is 478 g/mol. The molecule has 0 aliphatic rings. The molecule has 0 spiro atoms. The first kappa shape index (κ1) is 25.0. The van der Waals surface area contributed by atoms with Gasteiger partial charge in [0.2, 0.25) is 17.7 Å². The maximum absolute atomic E-state index is 12.3. The molecule has 11 heteroatoms. The number of amides is 3. The minimum atomic E-state index is -0.206. The number of rotatable bonds is 11. The zero-order valence-corrected chi connectivity index (χ0v) is 20.8. The average Bonchev–Trinajstić information content (AvgIpc) is 3.21. The number of pyridine rings is 1. The highest BCUT2D eigenvalue weighted by molar-refractivity contribution is 8.01. The Morgan fingerprint density at radius 1 is 1.00 bits per heavy atom. The lowest BCUT2D eigenvalue weighted by Crippen LogP contribution is -2.31. The summed E-state index contributed by atoms with van der Waals surface area (Å²) in [7, 11) is 0. The first-order chi connectivity index (χ1) is 16.0. The largest absolute Gasteiger partial charge is 0.343 e. The van der Waals surface area contributed by atoms with Crippen LogP contribution in [-0.4, -0.2) is 62.9 Å². The van der Waals surface area contributed by atoms with Gasteiger partial charge in [0, 0.05) is 25.0 Å². The Morgan fingerprint density at radius 3 is 2.45 bits per heavy atom. The van der Waals surface area contributed by atoms with E-state index in [4.69, 9.17) is 0 Å². The Labute approximate surface area is 204 Å². The predicted octanol–water partition coefficient (Wildman–Crippen LogP) is 3.96. The van der Waals surface area contributed by atoms with Crippen LogP contribution >= 0.6 is 34.9 Å². The second-order valence-electron chi connectivity index (χ2n) is 6.82. The van der Waals surface area contributed by atoms with E-state index in [1.807, 2.05) is 26.0 Å². The van der Waals surface area contributed by atoms with E-state index in [1.54, 1.807) is 35.4 Å². The summed E-state index contributed by atoms with van der Waals surface area (Å²) in [5.41, 5.74) is 1.50. The highest BCUT2D eigenvalue weighted by atomic mass is 32.2. The Kier molecular flexibility index (Phi) is 9.52. The normalized spacial score (nSPS) is 10.7. The van der Waals surface area contributed by atoms with Crippen LogP contribution in [0.5, 0.6) is 0 Å². The van der Waals surface area contributed by atoms with Crippen molar-refractivity contribution in [2.45, 2.75) is 18.2 Å². The molecule has 2 heterocycles. The van der Waals surface area contributed by atoms with Crippen molar-refractivity contribution in [1.29, 1.82) is 0 Å². The van der Waals surface area contributed by atoms with Crippen molar-refractivity contribution >= 4 is 74.3 Å². The van der Waals surface area contributed by atoms with Crippen molar-refractivity contribution in [3.05, 3.63) is 42.6 Å². The van der Waals surface area contributed by atoms with E-state index >= 15 is 0 Å². The van der Waals surface area contributed by atoms with E-state index in [2.05, 4.69) is 20.6 Å². The molecule has 2 N–H and O–H groups in total. The second kappa shape index (κ2) is 12.6. The lowest BCUT2D eigenvalue weighted by atomic mass is 10.3.